The molecule has 0 bridgehead atoms. The highest BCUT2D eigenvalue weighted by molar-refractivity contribution is 6.30. The molecule has 0 spiro atoms. The summed E-state index contributed by atoms with van der Waals surface area (Å²) in [7, 11) is 0. The molecule has 1 aromatic rings. The molecule has 1 rings (SSSR count). The zero-order valence-corrected chi connectivity index (χ0v) is 8.20. The third-order valence-electron chi connectivity index (χ3n) is 1.55. The largest absolute Gasteiger partial charge is 0.294 e. The Labute approximate surface area is 85.5 Å². The molecule has 70 valence electrons. The molecule has 0 fully saturated rings. The van der Waals surface area contributed by atoms with Crippen LogP contribution in [0.25, 0.3) is 0 Å². The van der Waals surface area contributed by atoms with Crippen molar-refractivity contribution >= 4 is 29.0 Å². The zero-order valence-electron chi connectivity index (χ0n) is 6.69. The van der Waals surface area contributed by atoms with Gasteiger partial charge >= 0.3 is 0 Å². The Balaban J connectivity index is 2.95. The van der Waals surface area contributed by atoms with Gasteiger partial charge in [-0.05, 0) is 18.2 Å². The molecular formula is C9H7Cl2FO. The van der Waals surface area contributed by atoms with Crippen molar-refractivity contribution in [3.05, 3.63) is 34.6 Å². The number of carbonyl (C=O) groups is 1. The lowest BCUT2D eigenvalue weighted by molar-refractivity contribution is 0.0985. The molecule has 0 heterocycles. The minimum absolute atomic E-state index is 0.0463. The second-order valence-corrected chi connectivity index (χ2v) is 3.30. The van der Waals surface area contributed by atoms with Gasteiger partial charge in [-0.3, -0.25) is 4.79 Å². The summed E-state index contributed by atoms with van der Waals surface area (Å²) in [4.78, 5) is 11.2. The summed E-state index contributed by atoms with van der Waals surface area (Å²) < 4.78 is 13.1. The third kappa shape index (κ3) is 2.68. The highest BCUT2D eigenvalue weighted by Gasteiger charge is 2.10. The molecule has 1 aromatic carbocycles. The molecule has 0 saturated carbocycles. The van der Waals surface area contributed by atoms with E-state index in [1.54, 1.807) is 0 Å². The molecule has 1 nitrogen and oxygen atoms in total. The average molecular weight is 221 g/mol. The molecule has 0 N–H and O–H groups in total. The van der Waals surface area contributed by atoms with E-state index in [2.05, 4.69) is 0 Å². The van der Waals surface area contributed by atoms with Crippen LogP contribution in [0.2, 0.25) is 5.02 Å². The van der Waals surface area contributed by atoms with E-state index in [-0.39, 0.29) is 28.7 Å². The topological polar surface area (TPSA) is 17.1 Å². The van der Waals surface area contributed by atoms with Crippen molar-refractivity contribution in [2.45, 2.75) is 6.42 Å². The summed E-state index contributed by atoms with van der Waals surface area (Å²) in [6.07, 6.45) is 0.139. The summed E-state index contributed by atoms with van der Waals surface area (Å²) in [5.74, 6) is -0.701. The summed E-state index contributed by atoms with van der Waals surface area (Å²) in [5, 5.41) is 0.278. The smallest absolute Gasteiger partial charge is 0.167 e. The van der Waals surface area contributed by atoms with Crippen LogP contribution in [0.4, 0.5) is 4.39 Å². The Kier molecular flexibility index (Phi) is 3.70. The number of benzene rings is 1. The van der Waals surface area contributed by atoms with E-state index in [9.17, 15) is 9.18 Å². The molecule has 13 heavy (non-hydrogen) atoms. The van der Waals surface area contributed by atoms with Gasteiger partial charge in [0, 0.05) is 17.3 Å². The maximum atomic E-state index is 13.1. The fraction of sp³-hybridized carbons (Fsp3) is 0.222. The minimum atomic E-state index is -0.595. The lowest BCUT2D eigenvalue weighted by atomic mass is 10.1. The number of alkyl halides is 1. The van der Waals surface area contributed by atoms with Crippen molar-refractivity contribution in [3.8, 4) is 0 Å². The first kappa shape index (κ1) is 10.5. The van der Waals surface area contributed by atoms with Crippen LogP contribution < -0.4 is 0 Å². The predicted molar refractivity (Wildman–Crippen MR) is 51.1 cm³/mol. The first-order valence-corrected chi connectivity index (χ1v) is 4.60. The van der Waals surface area contributed by atoms with Crippen molar-refractivity contribution in [1.29, 1.82) is 0 Å². The quantitative estimate of drug-likeness (QED) is 0.565. The van der Waals surface area contributed by atoms with E-state index in [0.717, 1.165) is 6.07 Å². The number of rotatable bonds is 3. The molecule has 0 atom stereocenters. The number of hydrogen-bond acceptors (Lipinski definition) is 1. The van der Waals surface area contributed by atoms with Crippen LogP contribution in [0, 0.1) is 5.82 Å². The van der Waals surface area contributed by atoms with Gasteiger partial charge in [0.05, 0.1) is 5.56 Å². The van der Waals surface area contributed by atoms with Gasteiger partial charge in [0.15, 0.2) is 5.78 Å². The fourth-order valence-corrected chi connectivity index (χ4v) is 1.27. The maximum absolute atomic E-state index is 13.1. The van der Waals surface area contributed by atoms with Crippen LogP contribution in [0.5, 0.6) is 0 Å². The molecule has 0 radical (unpaired) electrons. The van der Waals surface area contributed by atoms with Crippen LogP contribution in [-0.4, -0.2) is 11.7 Å². The summed E-state index contributed by atoms with van der Waals surface area (Å²) in [6.45, 7) is 0. The number of Topliss-reactive ketones (excluding diaryl/α,β-unsaturated/α-hetero) is 1. The molecule has 4 heteroatoms. The first-order chi connectivity index (χ1) is 6.15. The molecule has 0 aliphatic carbocycles. The Hall–Kier alpha value is -0.600. The number of hydrogen-bond donors (Lipinski definition) is 0. The van der Waals surface area contributed by atoms with Crippen LogP contribution in [0.15, 0.2) is 18.2 Å². The van der Waals surface area contributed by atoms with E-state index < -0.39 is 5.82 Å². The minimum Gasteiger partial charge on any atom is -0.294 e. The molecular weight excluding hydrogens is 214 g/mol. The van der Waals surface area contributed by atoms with Gasteiger partial charge in [-0.1, -0.05) is 11.6 Å². The van der Waals surface area contributed by atoms with Gasteiger partial charge in [0.2, 0.25) is 0 Å². The van der Waals surface area contributed by atoms with Crippen molar-refractivity contribution in [2.75, 3.05) is 5.88 Å². The summed E-state index contributed by atoms with van der Waals surface area (Å²) in [5.41, 5.74) is 0.0463. The predicted octanol–water partition coefficient (Wildman–Crippen LogP) is 3.29. The van der Waals surface area contributed by atoms with Gasteiger partial charge in [-0.2, -0.15) is 0 Å². The standard InChI is InChI=1S/C9H7Cl2FO/c10-4-3-9(13)7-2-1-6(11)5-8(7)12/h1-2,5H,3-4H2. The van der Waals surface area contributed by atoms with Crippen LogP contribution in [0.3, 0.4) is 0 Å². The first-order valence-electron chi connectivity index (χ1n) is 3.69. The van der Waals surface area contributed by atoms with Gasteiger partial charge in [0.25, 0.3) is 0 Å². The second-order valence-electron chi connectivity index (χ2n) is 2.49. The number of ketones is 1. The maximum Gasteiger partial charge on any atom is 0.167 e. The Morgan fingerprint density at radius 3 is 2.69 bits per heavy atom. The Morgan fingerprint density at radius 1 is 1.46 bits per heavy atom. The number of carbonyl (C=O) groups excluding carboxylic acids is 1. The SMILES string of the molecule is O=C(CCCl)c1ccc(Cl)cc1F. The van der Waals surface area contributed by atoms with E-state index >= 15 is 0 Å². The lowest BCUT2D eigenvalue weighted by Crippen LogP contribution is -2.02. The highest BCUT2D eigenvalue weighted by Crippen LogP contribution is 2.16. The Bertz CT molecular complexity index is 325. The van der Waals surface area contributed by atoms with Crippen LogP contribution in [0.1, 0.15) is 16.8 Å². The van der Waals surface area contributed by atoms with Crippen LogP contribution in [-0.2, 0) is 0 Å². The zero-order chi connectivity index (χ0) is 9.84. The highest BCUT2D eigenvalue weighted by atomic mass is 35.5. The summed E-state index contributed by atoms with van der Waals surface area (Å²) >= 11 is 10.9. The monoisotopic (exact) mass is 220 g/mol. The average Bonchev–Trinajstić information content (AvgIpc) is 2.04. The van der Waals surface area contributed by atoms with Crippen molar-refractivity contribution in [1.82, 2.24) is 0 Å². The Morgan fingerprint density at radius 2 is 2.15 bits per heavy atom. The molecule has 0 amide bonds. The van der Waals surface area contributed by atoms with Crippen LogP contribution >= 0.6 is 23.2 Å². The van der Waals surface area contributed by atoms with Gasteiger partial charge in [-0.15, -0.1) is 11.6 Å². The van der Waals surface area contributed by atoms with E-state index in [0.29, 0.717) is 0 Å². The lowest BCUT2D eigenvalue weighted by Gasteiger charge is -2.00. The van der Waals surface area contributed by atoms with E-state index in [1.165, 1.54) is 12.1 Å². The third-order valence-corrected chi connectivity index (χ3v) is 1.98. The van der Waals surface area contributed by atoms with Gasteiger partial charge < -0.3 is 0 Å². The van der Waals surface area contributed by atoms with Crippen molar-refractivity contribution < 1.29 is 9.18 Å². The van der Waals surface area contributed by atoms with Gasteiger partial charge in [0.1, 0.15) is 5.82 Å². The van der Waals surface area contributed by atoms with Gasteiger partial charge in [-0.25, -0.2) is 4.39 Å². The fourth-order valence-electron chi connectivity index (χ4n) is 0.936. The number of halogens is 3. The molecule has 0 aliphatic rings. The normalized spacial score (nSPS) is 10.1. The van der Waals surface area contributed by atoms with Crippen molar-refractivity contribution in [2.24, 2.45) is 0 Å². The summed E-state index contributed by atoms with van der Waals surface area (Å²) in [6, 6.07) is 3.96. The second kappa shape index (κ2) is 4.58. The van der Waals surface area contributed by atoms with Crippen molar-refractivity contribution in [3.63, 3.8) is 0 Å². The molecule has 0 saturated heterocycles. The van der Waals surface area contributed by atoms with E-state index in [1.807, 2.05) is 0 Å². The molecule has 0 aromatic heterocycles. The molecule has 0 unspecified atom stereocenters. The van der Waals surface area contributed by atoms with E-state index in [4.69, 9.17) is 23.2 Å². The molecule has 0 aliphatic heterocycles.